The molecule has 0 bridgehead atoms. The number of morpholine rings is 2. The van der Waals surface area contributed by atoms with Gasteiger partial charge in [-0.05, 0) is 169 Å². The number of nitrogens with one attached hydrogen (secondary N) is 5. The van der Waals surface area contributed by atoms with Gasteiger partial charge in [0.25, 0.3) is 0 Å². The summed E-state index contributed by atoms with van der Waals surface area (Å²) >= 11 is 5.19. The molecule has 14 rings (SSSR count). The van der Waals surface area contributed by atoms with Crippen LogP contribution in [-0.4, -0.2) is 221 Å². The Morgan fingerprint density at radius 3 is 1.41 bits per heavy atom. The molecular weight excluding hydrogens is 1400 g/mol. The van der Waals surface area contributed by atoms with Gasteiger partial charge in [-0.25, -0.2) is 32.8 Å². The number of nitriles is 2. The molecule has 568 valence electrons. The molecule has 5 amide bonds. The second-order valence-corrected chi connectivity index (χ2v) is 27.2. The normalized spacial score (nSPS) is 20.9. The molecule has 0 spiro atoms. The van der Waals surface area contributed by atoms with Crippen molar-refractivity contribution in [2.75, 3.05) is 110 Å². The number of halogens is 2. The zero-order chi connectivity index (χ0) is 73.1. The molecule has 33 heteroatoms. The Hall–Kier alpha value is -9.76. The number of nitrogens with two attached hydrogens (primary N) is 1. The number of nitrogens with zero attached hydrogens (tertiary/aromatic N) is 17. The van der Waals surface area contributed by atoms with Crippen LogP contribution in [0.2, 0.25) is 0 Å². The number of carbonyl (C=O) groups excluding carboxylic acids is 4. The number of ether oxygens (including phenoxy) is 4. The van der Waals surface area contributed by atoms with Crippen molar-refractivity contribution in [3.63, 3.8) is 0 Å². The first-order valence-electron chi connectivity index (χ1n) is 36.0. The molecule has 0 aromatic carbocycles. The molecule has 7 N–H and O–H groups in total. The van der Waals surface area contributed by atoms with E-state index in [-0.39, 0.29) is 61.4 Å². The number of rotatable bonds is 18. The van der Waals surface area contributed by atoms with Crippen LogP contribution in [0.1, 0.15) is 128 Å². The molecule has 8 aromatic rings. The van der Waals surface area contributed by atoms with Gasteiger partial charge < -0.3 is 66.0 Å². The van der Waals surface area contributed by atoms with Crippen LogP contribution in [0.15, 0.2) is 85.7 Å². The molecule has 0 radical (unpaired) electrons. The Labute approximate surface area is 628 Å². The number of pyridine rings is 2. The number of alkyl carbamates (subject to hydrolysis) is 2. The quantitative estimate of drug-likeness (QED) is 0.0343. The smallest absolute Gasteiger partial charge is 0.406 e. The predicted molar refractivity (Wildman–Crippen MR) is 404 cm³/mol. The first-order valence-corrected chi connectivity index (χ1v) is 36.4. The van der Waals surface area contributed by atoms with Crippen LogP contribution >= 0.6 is 24.0 Å². The number of methoxy groups -OCH3 is 2. The summed E-state index contributed by atoms with van der Waals surface area (Å²) in [5.41, 5.74) is 16.8. The highest BCUT2D eigenvalue weighted by atomic mass is 35.5. The third-order valence-electron chi connectivity index (χ3n) is 20.2. The lowest BCUT2D eigenvalue weighted by atomic mass is 9.80. The fourth-order valence-corrected chi connectivity index (χ4v) is 14.0. The Balaban J connectivity index is 0.000000201. The van der Waals surface area contributed by atoms with Gasteiger partial charge in [-0.1, -0.05) is 38.6 Å². The molecule has 6 aliphatic rings. The van der Waals surface area contributed by atoms with Crippen LogP contribution < -0.4 is 32.3 Å². The lowest BCUT2D eigenvalue weighted by molar-refractivity contribution is 0.0519. The Kier molecular flexibility index (Phi) is 29.6. The standard InChI is InChI=1S/C33H39N11O4.C28H32N10O2.C6H15N.C5H8ClNO2.CH4.ClH/c1-47-33(46)36-17-21-12-24(13-21)38-28-15-29(31-7-6-26-14-22(16-34)18-37-44(26)31)35-19-27(28)30-20-43(41-40-30)25-4-2-23(3-5-25)39-32(45)42-8-10-48-11-9-42;1-40-28(39)32-13-17-8-20(9-17)34-24-11-25(27-7-6-22-10-18(12-29)14-33-38(22)27)31-15-23(24)26-16-37(36-35-26)21-4-2-19(30)3-5-21;1-4-7(5-2)6-3;6-5(8)7-1-3-9-4-2-7;;/h6-7,14-15,18-21,23-25H,2-5,8-13,17H2,1H3,(H,35,38)(H,36,46)(H,39,45);6-7,10-11,14-17,19-21H,2-5,8-9,13,30H2,1H3,(H,31,34)(H,32,39);4-6H2,1-3H3;1-4H2;1H4;1H. The van der Waals surface area contributed by atoms with Gasteiger partial charge in [0.15, 0.2) is 0 Å². The minimum atomic E-state index is -0.420. The third kappa shape index (κ3) is 20.8. The van der Waals surface area contributed by atoms with Gasteiger partial charge in [-0.2, -0.15) is 20.7 Å². The number of aromatic nitrogens is 12. The van der Waals surface area contributed by atoms with Gasteiger partial charge in [-0.15, -0.1) is 22.6 Å². The molecule has 10 heterocycles. The number of urea groups is 1. The molecule has 0 unspecified atom stereocenters. The van der Waals surface area contributed by atoms with Gasteiger partial charge in [0.2, 0.25) is 0 Å². The first-order chi connectivity index (χ1) is 50.6. The zero-order valence-electron chi connectivity index (χ0n) is 60.1. The van der Waals surface area contributed by atoms with E-state index >= 15 is 0 Å². The Bertz CT molecular complexity index is 4260. The van der Waals surface area contributed by atoms with Crippen LogP contribution in [0.25, 0.3) is 56.3 Å². The maximum Gasteiger partial charge on any atom is 0.406 e. The Morgan fingerprint density at radius 1 is 0.594 bits per heavy atom. The average molecular weight is 1500 g/mol. The average Bonchev–Trinajstić information content (AvgIpc) is 1.58. The summed E-state index contributed by atoms with van der Waals surface area (Å²) < 4.78 is 27.2. The van der Waals surface area contributed by atoms with E-state index in [2.05, 4.69) is 100.0 Å². The molecule has 4 saturated carbocycles. The van der Waals surface area contributed by atoms with E-state index in [1.807, 2.05) is 75.4 Å². The van der Waals surface area contributed by atoms with Gasteiger partial charge >= 0.3 is 23.6 Å². The summed E-state index contributed by atoms with van der Waals surface area (Å²) in [6.07, 6.45) is 21.1. The van der Waals surface area contributed by atoms with Crippen molar-refractivity contribution in [3.05, 3.63) is 96.8 Å². The van der Waals surface area contributed by atoms with Crippen molar-refractivity contribution in [2.24, 2.45) is 17.6 Å². The van der Waals surface area contributed by atoms with Crippen molar-refractivity contribution in [2.45, 2.75) is 141 Å². The van der Waals surface area contributed by atoms with Crippen molar-refractivity contribution in [1.82, 2.24) is 89.8 Å². The highest BCUT2D eigenvalue weighted by Crippen LogP contribution is 2.39. The Morgan fingerprint density at radius 2 is 1.02 bits per heavy atom. The minimum Gasteiger partial charge on any atom is -0.453 e. The molecule has 2 aliphatic heterocycles. The van der Waals surface area contributed by atoms with Gasteiger partial charge in [0.05, 0.1) is 122 Å². The van der Waals surface area contributed by atoms with Crippen molar-refractivity contribution in [1.29, 1.82) is 10.5 Å². The summed E-state index contributed by atoms with van der Waals surface area (Å²) in [4.78, 5) is 61.4. The van der Waals surface area contributed by atoms with Crippen LogP contribution in [-0.2, 0) is 18.9 Å². The van der Waals surface area contributed by atoms with Crippen LogP contribution in [0.3, 0.4) is 0 Å². The van der Waals surface area contributed by atoms with Crippen LogP contribution in [0.4, 0.5) is 30.6 Å². The van der Waals surface area contributed by atoms with E-state index in [0.717, 1.165) is 145 Å². The van der Waals surface area contributed by atoms with Crippen molar-refractivity contribution in [3.8, 4) is 57.4 Å². The number of hydrogen-bond donors (Lipinski definition) is 6. The van der Waals surface area contributed by atoms with E-state index in [4.69, 9.17) is 41.5 Å². The largest absolute Gasteiger partial charge is 0.453 e. The first kappa shape index (κ1) is 80.3. The fraction of sp³-hybridized carbons (Fsp3) is 0.534. The highest BCUT2D eigenvalue weighted by molar-refractivity contribution is 6.62. The van der Waals surface area contributed by atoms with Crippen LogP contribution in [0.5, 0.6) is 0 Å². The maximum atomic E-state index is 12.7. The van der Waals surface area contributed by atoms with Crippen molar-refractivity contribution < 1.29 is 38.1 Å². The third-order valence-corrected chi connectivity index (χ3v) is 20.4. The molecule has 8 aromatic heterocycles. The molecule has 106 heavy (non-hydrogen) atoms. The topological polar surface area (TPSA) is 370 Å². The van der Waals surface area contributed by atoms with E-state index in [1.54, 1.807) is 38.5 Å². The predicted octanol–water partition coefficient (Wildman–Crippen LogP) is 10.2. The molecule has 0 atom stereocenters. The van der Waals surface area contributed by atoms with E-state index in [9.17, 15) is 29.7 Å². The van der Waals surface area contributed by atoms with E-state index < -0.39 is 12.2 Å². The van der Waals surface area contributed by atoms with Gasteiger partial charge in [0, 0.05) is 98.3 Å². The molecule has 4 aliphatic carbocycles. The number of carbonyl (C=O) groups is 4. The summed E-state index contributed by atoms with van der Waals surface area (Å²) in [5, 5.41) is 61.3. The monoisotopic (exact) mass is 1500 g/mol. The summed E-state index contributed by atoms with van der Waals surface area (Å²) in [7, 11) is 2.73. The SMILES string of the molecule is C.CCN(CC)CC.COC(=O)NCC1CC(Nc2cc(-c3ccc4cc(C#N)cnn34)ncc2-c2cn(C3CCC(N)CC3)nn2)C1.COC(=O)NCC1CC(Nc2cc(-c3ccc4cc(C#N)cnn34)ncc2-c2cn(C3CCC(NC(=O)N4CCOCC4)CC3)nn2)C1.Cl.O=C(Cl)N1CCOCC1. The lowest BCUT2D eigenvalue weighted by Crippen LogP contribution is -2.49. The van der Waals surface area contributed by atoms with Gasteiger partial charge in [0.1, 0.15) is 23.5 Å². The summed E-state index contributed by atoms with van der Waals surface area (Å²) in [6.45, 7) is 16.2. The van der Waals surface area contributed by atoms with Crippen LogP contribution in [0, 0.1) is 34.5 Å². The van der Waals surface area contributed by atoms with E-state index in [1.165, 1.54) is 33.9 Å². The lowest BCUT2D eigenvalue weighted by Gasteiger charge is -2.36. The summed E-state index contributed by atoms with van der Waals surface area (Å²) in [6, 6.07) is 21.0. The fourth-order valence-electron chi connectivity index (χ4n) is 13.9. The molecule has 6 fully saturated rings. The number of amides is 5. The summed E-state index contributed by atoms with van der Waals surface area (Å²) in [5.74, 6) is 0.738. The second-order valence-electron chi connectivity index (χ2n) is 26.9. The minimum absolute atomic E-state index is 0. The van der Waals surface area contributed by atoms with Crippen molar-refractivity contribution >= 4 is 70.0 Å². The second kappa shape index (κ2) is 39.0. The number of hydrogen-bond acceptors (Lipinski definition) is 22. The van der Waals surface area contributed by atoms with Gasteiger partial charge in [-0.3, -0.25) is 14.8 Å². The van der Waals surface area contributed by atoms with E-state index in [0.29, 0.717) is 94.7 Å². The maximum absolute atomic E-state index is 12.7. The molecule has 2 saturated heterocycles. The molecular formula is C73H99Cl2N23O8. The molecule has 31 nitrogen and oxygen atoms in total. The number of anilines is 2. The highest BCUT2D eigenvalue weighted by Gasteiger charge is 2.34. The number of fused-ring (bicyclic) bond motifs is 2. The zero-order valence-corrected chi connectivity index (χ0v) is 61.7.